The van der Waals surface area contributed by atoms with Gasteiger partial charge in [-0.2, -0.15) is 9.40 Å². The highest BCUT2D eigenvalue weighted by atomic mass is 32.2. The zero-order chi connectivity index (χ0) is 26.9. The SMILES string of the molecule is Cc1nn(CC(=O)N2CCc3ccccc32)c(C)c1S(=O)(=O)N1CCC[C@@H](C(=O)NC2CCCCCC2)C1. The number of amides is 2. The van der Waals surface area contributed by atoms with Gasteiger partial charge in [0, 0.05) is 31.4 Å². The number of carbonyl (C=O) groups is 2. The molecule has 1 saturated heterocycles. The number of rotatable bonds is 6. The van der Waals surface area contributed by atoms with Gasteiger partial charge in [-0.3, -0.25) is 14.3 Å². The number of nitrogens with zero attached hydrogens (tertiary/aromatic N) is 4. The van der Waals surface area contributed by atoms with Crippen LogP contribution >= 0.6 is 0 Å². The summed E-state index contributed by atoms with van der Waals surface area (Å²) in [6, 6.07) is 8.05. The van der Waals surface area contributed by atoms with Gasteiger partial charge in [-0.05, 0) is 57.6 Å². The van der Waals surface area contributed by atoms with E-state index in [4.69, 9.17) is 0 Å². The van der Waals surface area contributed by atoms with E-state index in [1.54, 1.807) is 18.7 Å². The normalized spacial score (nSPS) is 21.2. The maximum Gasteiger partial charge on any atom is 0.248 e. The van der Waals surface area contributed by atoms with Crippen LogP contribution in [0.3, 0.4) is 0 Å². The minimum Gasteiger partial charge on any atom is -0.353 e. The molecule has 0 spiro atoms. The lowest BCUT2D eigenvalue weighted by molar-refractivity contribution is -0.127. The van der Waals surface area contributed by atoms with Gasteiger partial charge in [0.05, 0.1) is 17.3 Å². The number of sulfonamides is 1. The number of para-hydroxylation sites is 1. The Morgan fingerprint density at radius 2 is 1.74 bits per heavy atom. The Morgan fingerprint density at radius 3 is 2.50 bits per heavy atom. The Bertz CT molecular complexity index is 1300. The van der Waals surface area contributed by atoms with Crippen LogP contribution in [0.5, 0.6) is 0 Å². The van der Waals surface area contributed by atoms with E-state index in [0.717, 1.165) is 43.4 Å². The van der Waals surface area contributed by atoms with E-state index in [0.29, 0.717) is 37.3 Å². The van der Waals surface area contributed by atoms with Crippen molar-refractivity contribution in [2.75, 3.05) is 24.5 Å². The van der Waals surface area contributed by atoms with E-state index in [1.165, 1.54) is 21.8 Å². The molecule has 3 heterocycles. The zero-order valence-electron chi connectivity index (χ0n) is 22.5. The van der Waals surface area contributed by atoms with Crippen LogP contribution in [0.25, 0.3) is 0 Å². The molecule has 206 valence electrons. The summed E-state index contributed by atoms with van der Waals surface area (Å²) in [6.07, 6.45) is 8.82. The molecular formula is C28H39N5O4S. The first-order valence-electron chi connectivity index (χ1n) is 14.0. The number of hydrogen-bond acceptors (Lipinski definition) is 5. The average Bonchev–Trinajstić information content (AvgIpc) is 3.34. The minimum atomic E-state index is -3.87. The molecule has 0 radical (unpaired) electrons. The fourth-order valence-corrected chi connectivity index (χ4v) is 8.16. The molecule has 10 heteroatoms. The summed E-state index contributed by atoms with van der Waals surface area (Å²) in [4.78, 5) is 28.1. The van der Waals surface area contributed by atoms with Crippen molar-refractivity contribution in [1.82, 2.24) is 19.4 Å². The summed E-state index contributed by atoms with van der Waals surface area (Å²) in [5.74, 6) is -0.496. The van der Waals surface area contributed by atoms with Crippen LogP contribution in [-0.4, -0.2) is 60.0 Å². The van der Waals surface area contributed by atoms with Gasteiger partial charge in [0.1, 0.15) is 11.4 Å². The summed E-state index contributed by atoms with van der Waals surface area (Å²) >= 11 is 0. The smallest absolute Gasteiger partial charge is 0.248 e. The number of benzene rings is 1. The highest BCUT2D eigenvalue weighted by Crippen LogP contribution is 2.30. The lowest BCUT2D eigenvalue weighted by Crippen LogP contribution is -2.47. The molecule has 5 rings (SSSR count). The van der Waals surface area contributed by atoms with Gasteiger partial charge < -0.3 is 10.2 Å². The molecule has 1 N–H and O–H groups in total. The number of hydrogen-bond donors (Lipinski definition) is 1. The van der Waals surface area contributed by atoms with Gasteiger partial charge >= 0.3 is 0 Å². The maximum atomic E-state index is 13.8. The number of piperidine rings is 1. The predicted molar refractivity (Wildman–Crippen MR) is 145 cm³/mol. The van der Waals surface area contributed by atoms with Crippen molar-refractivity contribution >= 4 is 27.5 Å². The first-order chi connectivity index (χ1) is 18.3. The highest BCUT2D eigenvalue weighted by molar-refractivity contribution is 7.89. The van der Waals surface area contributed by atoms with Gasteiger partial charge in [0.15, 0.2) is 0 Å². The summed E-state index contributed by atoms with van der Waals surface area (Å²) in [5, 5.41) is 7.67. The third-order valence-corrected chi connectivity index (χ3v) is 10.5. The molecule has 3 aliphatic rings. The largest absolute Gasteiger partial charge is 0.353 e. The standard InChI is InChI=1S/C28H39N5O4S/c1-20-27(21(2)33(30-20)19-26(34)32-17-15-22-10-7-8-14-25(22)32)38(36,37)31-16-9-11-23(18-31)28(35)29-24-12-5-3-4-6-13-24/h7-8,10,14,23-24H,3-6,9,11-13,15-19H2,1-2H3,(H,29,35)/t23-/m1/s1. The third kappa shape index (κ3) is 5.38. The molecule has 1 aromatic carbocycles. The molecule has 0 unspecified atom stereocenters. The van der Waals surface area contributed by atoms with Crippen molar-refractivity contribution in [3.8, 4) is 0 Å². The summed E-state index contributed by atoms with van der Waals surface area (Å²) in [7, 11) is -3.87. The number of nitrogens with one attached hydrogen (secondary N) is 1. The van der Waals surface area contributed by atoms with E-state index in [9.17, 15) is 18.0 Å². The molecule has 1 aromatic heterocycles. The Balaban J connectivity index is 1.28. The van der Waals surface area contributed by atoms with E-state index in [2.05, 4.69) is 10.4 Å². The minimum absolute atomic E-state index is 0.0249. The molecular weight excluding hydrogens is 502 g/mol. The van der Waals surface area contributed by atoms with E-state index < -0.39 is 10.0 Å². The molecule has 2 fully saturated rings. The summed E-state index contributed by atoms with van der Waals surface area (Å²) in [6.45, 7) is 4.52. The second kappa shape index (κ2) is 11.2. The molecule has 1 saturated carbocycles. The highest BCUT2D eigenvalue weighted by Gasteiger charge is 2.37. The number of carbonyl (C=O) groups excluding carboxylic acids is 2. The second-order valence-electron chi connectivity index (χ2n) is 11.0. The lowest BCUT2D eigenvalue weighted by atomic mass is 9.97. The maximum absolute atomic E-state index is 13.8. The van der Waals surface area contributed by atoms with E-state index >= 15 is 0 Å². The molecule has 2 amide bonds. The number of fused-ring (bicyclic) bond motifs is 1. The molecule has 2 aromatic rings. The Labute approximate surface area is 225 Å². The monoisotopic (exact) mass is 541 g/mol. The Hall–Kier alpha value is -2.72. The molecule has 38 heavy (non-hydrogen) atoms. The zero-order valence-corrected chi connectivity index (χ0v) is 23.3. The third-order valence-electron chi connectivity index (χ3n) is 8.34. The van der Waals surface area contributed by atoms with Crippen molar-refractivity contribution in [3.05, 3.63) is 41.2 Å². The fraction of sp³-hybridized carbons (Fsp3) is 0.607. The van der Waals surface area contributed by atoms with Crippen molar-refractivity contribution in [3.63, 3.8) is 0 Å². The Morgan fingerprint density at radius 1 is 1.00 bits per heavy atom. The molecule has 2 aliphatic heterocycles. The lowest BCUT2D eigenvalue weighted by Gasteiger charge is -2.32. The summed E-state index contributed by atoms with van der Waals surface area (Å²) < 4.78 is 30.5. The van der Waals surface area contributed by atoms with Gasteiger partial charge in [-0.25, -0.2) is 8.42 Å². The number of aryl methyl sites for hydroxylation is 1. The molecule has 9 nitrogen and oxygen atoms in total. The molecule has 0 bridgehead atoms. The van der Waals surface area contributed by atoms with Crippen LogP contribution in [0, 0.1) is 19.8 Å². The van der Waals surface area contributed by atoms with Gasteiger partial charge in [-0.1, -0.05) is 43.9 Å². The average molecular weight is 542 g/mol. The fourth-order valence-electron chi connectivity index (χ4n) is 6.27. The van der Waals surface area contributed by atoms with Gasteiger partial charge in [0.25, 0.3) is 0 Å². The van der Waals surface area contributed by atoms with Crippen LogP contribution in [0.15, 0.2) is 29.2 Å². The van der Waals surface area contributed by atoms with Gasteiger partial charge in [-0.15, -0.1) is 0 Å². The van der Waals surface area contributed by atoms with Crippen LogP contribution < -0.4 is 10.2 Å². The van der Waals surface area contributed by atoms with Crippen molar-refractivity contribution in [1.29, 1.82) is 0 Å². The Kier molecular flexibility index (Phi) is 7.90. The predicted octanol–water partition coefficient (Wildman–Crippen LogP) is 3.33. The second-order valence-corrected chi connectivity index (χ2v) is 12.9. The first-order valence-corrected chi connectivity index (χ1v) is 15.4. The topological polar surface area (TPSA) is 105 Å². The van der Waals surface area contributed by atoms with Crippen LogP contribution in [0.2, 0.25) is 0 Å². The molecule has 1 aliphatic carbocycles. The molecule has 1 atom stereocenters. The number of aromatic nitrogens is 2. The van der Waals surface area contributed by atoms with E-state index in [-0.39, 0.29) is 41.8 Å². The van der Waals surface area contributed by atoms with Crippen molar-refractivity contribution < 1.29 is 18.0 Å². The van der Waals surface area contributed by atoms with Crippen molar-refractivity contribution in [2.24, 2.45) is 5.92 Å². The van der Waals surface area contributed by atoms with Crippen LogP contribution in [0.4, 0.5) is 5.69 Å². The summed E-state index contributed by atoms with van der Waals surface area (Å²) in [5.41, 5.74) is 2.88. The van der Waals surface area contributed by atoms with E-state index in [1.807, 2.05) is 24.3 Å². The van der Waals surface area contributed by atoms with Gasteiger partial charge in [0.2, 0.25) is 21.8 Å². The van der Waals surface area contributed by atoms with Crippen molar-refractivity contribution in [2.45, 2.75) is 89.1 Å². The van der Waals surface area contributed by atoms with Crippen LogP contribution in [0.1, 0.15) is 68.3 Å². The number of anilines is 1. The van der Waals surface area contributed by atoms with Crippen LogP contribution in [-0.2, 0) is 32.6 Å². The quantitative estimate of drug-likeness (QED) is 0.565. The first kappa shape index (κ1) is 26.9.